The van der Waals surface area contributed by atoms with Crippen molar-refractivity contribution in [3.63, 3.8) is 0 Å². The molecule has 1 saturated heterocycles. The van der Waals surface area contributed by atoms with Crippen LogP contribution in [-0.2, 0) is 6.54 Å². The molecule has 128 valence electrons. The molecule has 0 atom stereocenters. The van der Waals surface area contributed by atoms with Gasteiger partial charge < -0.3 is 5.32 Å². The van der Waals surface area contributed by atoms with Crippen LogP contribution in [0.25, 0.3) is 11.3 Å². The van der Waals surface area contributed by atoms with Gasteiger partial charge in [0.15, 0.2) is 5.13 Å². The first-order valence-corrected chi connectivity index (χ1v) is 9.70. The second kappa shape index (κ2) is 7.76. The van der Waals surface area contributed by atoms with E-state index in [9.17, 15) is 0 Å². The van der Waals surface area contributed by atoms with E-state index in [0.717, 1.165) is 28.8 Å². The molecule has 2 aromatic heterocycles. The average Bonchev–Trinajstić information content (AvgIpc) is 3.12. The molecule has 1 aromatic carbocycles. The van der Waals surface area contributed by atoms with Gasteiger partial charge in [-0.2, -0.15) is 0 Å². The van der Waals surface area contributed by atoms with Gasteiger partial charge in [-0.15, -0.1) is 11.3 Å². The lowest BCUT2D eigenvalue weighted by Crippen LogP contribution is -2.28. The van der Waals surface area contributed by atoms with Gasteiger partial charge in [-0.3, -0.25) is 4.90 Å². The van der Waals surface area contributed by atoms with Crippen molar-refractivity contribution >= 4 is 22.3 Å². The highest BCUT2D eigenvalue weighted by Crippen LogP contribution is 2.27. The Morgan fingerprint density at radius 2 is 1.84 bits per heavy atom. The quantitative estimate of drug-likeness (QED) is 0.708. The summed E-state index contributed by atoms with van der Waals surface area (Å²) in [4.78, 5) is 11.5. The van der Waals surface area contributed by atoms with E-state index in [-0.39, 0.29) is 0 Å². The molecule has 5 heteroatoms. The Hall–Kier alpha value is -2.24. The molecule has 0 saturated carbocycles. The fourth-order valence-corrected chi connectivity index (χ4v) is 3.89. The van der Waals surface area contributed by atoms with Crippen LogP contribution in [0.5, 0.6) is 0 Å². The van der Waals surface area contributed by atoms with Crippen molar-refractivity contribution in [3.05, 3.63) is 59.6 Å². The second-order valence-electron chi connectivity index (χ2n) is 6.41. The summed E-state index contributed by atoms with van der Waals surface area (Å²) in [6, 6.07) is 14.6. The number of nitrogens with zero attached hydrogens (tertiary/aromatic N) is 3. The summed E-state index contributed by atoms with van der Waals surface area (Å²) in [5.74, 6) is 0.820. The number of nitrogens with one attached hydrogen (secondary N) is 1. The maximum Gasteiger partial charge on any atom is 0.188 e. The van der Waals surface area contributed by atoms with Gasteiger partial charge in [0.2, 0.25) is 0 Å². The molecular weight excluding hydrogens is 328 g/mol. The SMILES string of the molecule is c1ccc(Nc2nc(-c3ccc(CN4CCCCC4)cc3)cs2)nc1. The summed E-state index contributed by atoms with van der Waals surface area (Å²) in [7, 11) is 0. The van der Waals surface area contributed by atoms with Gasteiger partial charge >= 0.3 is 0 Å². The van der Waals surface area contributed by atoms with Crippen LogP contribution < -0.4 is 5.32 Å². The van der Waals surface area contributed by atoms with Gasteiger partial charge in [-0.1, -0.05) is 36.8 Å². The molecule has 1 aliphatic heterocycles. The third-order valence-electron chi connectivity index (χ3n) is 4.51. The highest BCUT2D eigenvalue weighted by Gasteiger charge is 2.11. The molecule has 1 N–H and O–H groups in total. The lowest BCUT2D eigenvalue weighted by atomic mass is 10.1. The van der Waals surface area contributed by atoms with Crippen LogP contribution in [0.1, 0.15) is 24.8 Å². The van der Waals surface area contributed by atoms with E-state index in [2.05, 4.69) is 49.8 Å². The third-order valence-corrected chi connectivity index (χ3v) is 5.27. The Kier molecular flexibility index (Phi) is 5.04. The third kappa shape index (κ3) is 4.24. The van der Waals surface area contributed by atoms with Crippen LogP contribution in [0.2, 0.25) is 0 Å². The lowest BCUT2D eigenvalue weighted by molar-refractivity contribution is 0.221. The van der Waals surface area contributed by atoms with Crippen molar-refractivity contribution in [2.24, 2.45) is 0 Å². The standard InChI is InChI=1S/C20H22N4S/c1-4-12-24(13-5-1)14-16-7-9-17(10-8-16)18-15-25-20(22-18)23-19-6-2-3-11-21-19/h2-3,6-11,15H,1,4-5,12-14H2,(H,21,22,23). The normalized spacial score (nSPS) is 15.2. The number of rotatable bonds is 5. The number of benzene rings is 1. The van der Waals surface area contributed by atoms with Gasteiger partial charge in [0, 0.05) is 23.7 Å². The van der Waals surface area contributed by atoms with Crippen molar-refractivity contribution in [2.45, 2.75) is 25.8 Å². The first-order valence-electron chi connectivity index (χ1n) is 8.82. The van der Waals surface area contributed by atoms with E-state index < -0.39 is 0 Å². The van der Waals surface area contributed by atoms with Crippen LogP contribution in [0.4, 0.5) is 10.9 Å². The van der Waals surface area contributed by atoms with Crippen LogP contribution in [-0.4, -0.2) is 28.0 Å². The predicted octanol–water partition coefficient (Wildman–Crippen LogP) is 4.93. The largest absolute Gasteiger partial charge is 0.316 e. The first kappa shape index (κ1) is 16.2. The zero-order valence-electron chi connectivity index (χ0n) is 14.2. The molecular formula is C20H22N4S. The number of thiazole rings is 1. The smallest absolute Gasteiger partial charge is 0.188 e. The molecule has 0 spiro atoms. The van der Waals surface area contributed by atoms with Crippen LogP contribution >= 0.6 is 11.3 Å². The number of hydrogen-bond donors (Lipinski definition) is 1. The van der Waals surface area contributed by atoms with E-state index in [4.69, 9.17) is 0 Å². The summed E-state index contributed by atoms with van der Waals surface area (Å²) in [6.45, 7) is 3.52. The summed E-state index contributed by atoms with van der Waals surface area (Å²) in [5.41, 5.74) is 3.55. The minimum absolute atomic E-state index is 0.820. The van der Waals surface area contributed by atoms with E-state index in [0.29, 0.717) is 0 Å². The molecule has 0 aliphatic carbocycles. The molecule has 0 bridgehead atoms. The Balaban J connectivity index is 1.41. The number of likely N-dealkylation sites (tertiary alicyclic amines) is 1. The van der Waals surface area contributed by atoms with Gasteiger partial charge in [0.25, 0.3) is 0 Å². The summed E-state index contributed by atoms with van der Waals surface area (Å²) >= 11 is 1.60. The zero-order valence-corrected chi connectivity index (χ0v) is 15.0. The van der Waals surface area contributed by atoms with Crippen molar-refractivity contribution in [1.82, 2.24) is 14.9 Å². The molecule has 3 heterocycles. The minimum Gasteiger partial charge on any atom is -0.316 e. The molecule has 1 fully saturated rings. The van der Waals surface area contributed by atoms with E-state index >= 15 is 0 Å². The molecule has 4 nitrogen and oxygen atoms in total. The molecule has 0 amide bonds. The van der Waals surface area contributed by atoms with Crippen molar-refractivity contribution in [3.8, 4) is 11.3 Å². The maximum absolute atomic E-state index is 4.68. The molecule has 1 aliphatic rings. The van der Waals surface area contributed by atoms with E-state index in [1.807, 2.05) is 18.2 Å². The summed E-state index contributed by atoms with van der Waals surface area (Å²) in [6.07, 6.45) is 5.83. The van der Waals surface area contributed by atoms with Crippen LogP contribution in [0, 0.1) is 0 Å². The summed E-state index contributed by atoms with van der Waals surface area (Å²) < 4.78 is 0. The molecule has 4 rings (SSSR count). The van der Waals surface area contributed by atoms with Gasteiger partial charge in [-0.25, -0.2) is 9.97 Å². The highest BCUT2D eigenvalue weighted by molar-refractivity contribution is 7.14. The van der Waals surface area contributed by atoms with Crippen molar-refractivity contribution in [2.75, 3.05) is 18.4 Å². The topological polar surface area (TPSA) is 41.1 Å². The lowest BCUT2D eigenvalue weighted by Gasteiger charge is -2.26. The zero-order chi connectivity index (χ0) is 16.9. The Morgan fingerprint density at radius 3 is 2.60 bits per heavy atom. The Labute approximate surface area is 152 Å². The predicted molar refractivity (Wildman–Crippen MR) is 104 cm³/mol. The van der Waals surface area contributed by atoms with Gasteiger partial charge in [-0.05, 0) is 43.6 Å². The monoisotopic (exact) mass is 350 g/mol. The fraction of sp³-hybridized carbons (Fsp3) is 0.300. The first-order chi connectivity index (χ1) is 12.4. The van der Waals surface area contributed by atoms with E-state index in [1.165, 1.54) is 37.9 Å². The van der Waals surface area contributed by atoms with Gasteiger partial charge in [0.05, 0.1) is 5.69 Å². The molecule has 0 radical (unpaired) electrons. The number of piperidine rings is 1. The minimum atomic E-state index is 0.820. The van der Waals surface area contributed by atoms with Crippen LogP contribution in [0.3, 0.4) is 0 Å². The van der Waals surface area contributed by atoms with Crippen LogP contribution in [0.15, 0.2) is 54.0 Å². The van der Waals surface area contributed by atoms with Gasteiger partial charge in [0.1, 0.15) is 5.82 Å². The fourth-order valence-electron chi connectivity index (χ4n) is 3.17. The molecule has 0 unspecified atom stereocenters. The van der Waals surface area contributed by atoms with Crippen molar-refractivity contribution < 1.29 is 0 Å². The Morgan fingerprint density at radius 1 is 1.00 bits per heavy atom. The number of hydrogen-bond acceptors (Lipinski definition) is 5. The molecule has 3 aromatic rings. The van der Waals surface area contributed by atoms with E-state index in [1.54, 1.807) is 17.5 Å². The second-order valence-corrected chi connectivity index (χ2v) is 7.27. The van der Waals surface area contributed by atoms with Crippen molar-refractivity contribution in [1.29, 1.82) is 0 Å². The Bertz CT molecular complexity index is 792. The average molecular weight is 350 g/mol. The number of pyridine rings is 1. The number of anilines is 2. The number of aromatic nitrogens is 2. The summed E-state index contributed by atoms with van der Waals surface area (Å²) in [5, 5.41) is 6.20. The highest BCUT2D eigenvalue weighted by atomic mass is 32.1. The molecule has 25 heavy (non-hydrogen) atoms. The maximum atomic E-state index is 4.68.